The smallest absolute Gasteiger partial charge is 0.339 e. The maximum Gasteiger partial charge on any atom is 0.339 e. The highest BCUT2D eigenvalue weighted by molar-refractivity contribution is 5.88. The molecular formula is C13H14N4O2. The predicted molar refractivity (Wildman–Crippen MR) is 68.5 cm³/mol. The fourth-order valence-electron chi connectivity index (χ4n) is 1.68. The SMILES string of the molecule is Cc1cccc(CNCc2ncncc2C(=O)O)n1. The van der Waals surface area contributed by atoms with Crippen molar-refractivity contribution in [1.29, 1.82) is 0 Å². The molecule has 2 heterocycles. The van der Waals surface area contributed by atoms with E-state index in [1.165, 1.54) is 12.5 Å². The molecule has 19 heavy (non-hydrogen) atoms. The summed E-state index contributed by atoms with van der Waals surface area (Å²) in [4.78, 5) is 23.0. The number of pyridine rings is 1. The molecule has 0 fully saturated rings. The van der Waals surface area contributed by atoms with Crippen LogP contribution in [0.15, 0.2) is 30.7 Å². The minimum absolute atomic E-state index is 0.118. The van der Waals surface area contributed by atoms with Crippen molar-refractivity contribution in [2.24, 2.45) is 0 Å². The molecule has 0 amide bonds. The summed E-state index contributed by atoms with van der Waals surface area (Å²) in [6.07, 6.45) is 2.64. The zero-order valence-corrected chi connectivity index (χ0v) is 10.5. The molecule has 2 N–H and O–H groups in total. The van der Waals surface area contributed by atoms with Crippen molar-refractivity contribution in [1.82, 2.24) is 20.3 Å². The Morgan fingerprint density at radius 3 is 2.95 bits per heavy atom. The number of aromatic nitrogens is 3. The summed E-state index contributed by atoms with van der Waals surface area (Å²) >= 11 is 0. The number of aryl methyl sites for hydroxylation is 1. The number of carbonyl (C=O) groups is 1. The molecule has 98 valence electrons. The number of aromatic carboxylic acids is 1. The summed E-state index contributed by atoms with van der Waals surface area (Å²) in [5.74, 6) is -1.02. The number of hydrogen-bond donors (Lipinski definition) is 2. The normalized spacial score (nSPS) is 10.4. The molecule has 0 unspecified atom stereocenters. The first-order valence-electron chi connectivity index (χ1n) is 5.82. The van der Waals surface area contributed by atoms with E-state index in [0.717, 1.165) is 11.4 Å². The molecular weight excluding hydrogens is 244 g/mol. The van der Waals surface area contributed by atoms with Gasteiger partial charge in [0.15, 0.2) is 0 Å². The average molecular weight is 258 g/mol. The zero-order chi connectivity index (χ0) is 13.7. The van der Waals surface area contributed by atoms with E-state index in [-0.39, 0.29) is 5.56 Å². The lowest BCUT2D eigenvalue weighted by molar-refractivity contribution is 0.0694. The lowest BCUT2D eigenvalue weighted by Gasteiger charge is -2.06. The maximum absolute atomic E-state index is 11.0. The quantitative estimate of drug-likeness (QED) is 0.837. The summed E-state index contributed by atoms with van der Waals surface area (Å²) in [6, 6.07) is 5.78. The van der Waals surface area contributed by atoms with Gasteiger partial charge in [0.25, 0.3) is 0 Å². The van der Waals surface area contributed by atoms with Crippen LogP contribution in [-0.2, 0) is 13.1 Å². The van der Waals surface area contributed by atoms with E-state index in [0.29, 0.717) is 18.8 Å². The van der Waals surface area contributed by atoms with Crippen LogP contribution in [0, 0.1) is 6.92 Å². The van der Waals surface area contributed by atoms with Gasteiger partial charge in [0.05, 0.1) is 11.4 Å². The minimum Gasteiger partial charge on any atom is -0.478 e. The first-order chi connectivity index (χ1) is 9.16. The predicted octanol–water partition coefficient (Wildman–Crippen LogP) is 1.17. The lowest BCUT2D eigenvalue weighted by Crippen LogP contribution is -2.17. The van der Waals surface area contributed by atoms with E-state index in [9.17, 15) is 4.79 Å². The molecule has 2 aromatic rings. The van der Waals surface area contributed by atoms with Gasteiger partial charge in [-0.05, 0) is 19.1 Å². The third kappa shape index (κ3) is 3.56. The van der Waals surface area contributed by atoms with Crippen LogP contribution in [0.3, 0.4) is 0 Å². The molecule has 0 bridgehead atoms. The molecule has 0 aliphatic heterocycles. The molecule has 2 rings (SSSR count). The van der Waals surface area contributed by atoms with Crippen LogP contribution in [-0.4, -0.2) is 26.0 Å². The van der Waals surface area contributed by atoms with Crippen molar-refractivity contribution in [3.05, 3.63) is 53.4 Å². The van der Waals surface area contributed by atoms with Crippen LogP contribution in [0.25, 0.3) is 0 Å². The van der Waals surface area contributed by atoms with Gasteiger partial charge in [0.2, 0.25) is 0 Å². The van der Waals surface area contributed by atoms with Crippen LogP contribution in [0.1, 0.15) is 27.4 Å². The standard InChI is InChI=1S/C13H14N4O2/c1-9-3-2-4-10(17-9)5-14-7-12-11(13(18)19)6-15-8-16-12/h2-4,6,8,14H,5,7H2,1H3,(H,18,19). The van der Waals surface area contributed by atoms with Gasteiger partial charge in [-0.2, -0.15) is 0 Å². The highest BCUT2D eigenvalue weighted by Gasteiger charge is 2.10. The lowest BCUT2D eigenvalue weighted by atomic mass is 10.2. The van der Waals surface area contributed by atoms with E-state index in [1.807, 2.05) is 25.1 Å². The summed E-state index contributed by atoms with van der Waals surface area (Å²) in [6.45, 7) is 2.85. The van der Waals surface area contributed by atoms with Gasteiger partial charge < -0.3 is 10.4 Å². The third-order valence-electron chi connectivity index (χ3n) is 2.57. The molecule has 2 aromatic heterocycles. The van der Waals surface area contributed by atoms with Crippen molar-refractivity contribution in [3.63, 3.8) is 0 Å². The minimum atomic E-state index is -1.02. The number of nitrogens with one attached hydrogen (secondary N) is 1. The summed E-state index contributed by atoms with van der Waals surface area (Å²) in [5.41, 5.74) is 2.45. The summed E-state index contributed by atoms with van der Waals surface area (Å²) < 4.78 is 0. The van der Waals surface area contributed by atoms with Crippen molar-refractivity contribution in [2.45, 2.75) is 20.0 Å². The molecule has 6 heteroatoms. The number of nitrogens with zero attached hydrogens (tertiary/aromatic N) is 3. The fraction of sp³-hybridized carbons (Fsp3) is 0.231. The number of hydrogen-bond acceptors (Lipinski definition) is 5. The van der Waals surface area contributed by atoms with Crippen molar-refractivity contribution >= 4 is 5.97 Å². The first kappa shape index (κ1) is 13.1. The monoisotopic (exact) mass is 258 g/mol. The second-order valence-electron chi connectivity index (χ2n) is 4.06. The summed E-state index contributed by atoms with van der Waals surface area (Å²) in [5, 5.41) is 12.1. The second-order valence-corrected chi connectivity index (χ2v) is 4.06. The molecule has 0 atom stereocenters. The van der Waals surface area contributed by atoms with E-state index >= 15 is 0 Å². The van der Waals surface area contributed by atoms with E-state index in [2.05, 4.69) is 20.3 Å². The fourth-order valence-corrected chi connectivity index (χ4v) is 1.68. The number of carboxylic acids is 1. The Labute approximate surface area is 110 Å². The topological polar surface area (TPSA) is 88.0 Å². The highest BCUT2D eigenvalue weighted by Crippen LogP contribution is 2.04. The van der Waals surface area contributed by atoms with Crippen LogP contribution >= 0.6 is 0 Å². The van der Waals surface area contributed by atoms with Crippen LogP contribution < -0.4 is 5.32 Å². The van der Waals surface area contributed by atoms with Gasteiger partial charge in [0, 0.05) is 25.0 Å². The van der Waals surface area contributed by atoms with E-state index < -0.39 is 5.97 Å². The molecule has 0 aromatic carbocycles. The highest BCUT2D eigenvalue weighted by atomic mass is 16.4. The second kappa shape index (κ2) is 6.01. The van der Waals surface area contributed by atoms with Crippen LogP contribution in [0.4, 0.5) is 0 Å². The molecule has 0 radical (unpaired) electrons. The van der Waals surface area contributed by atoms with E-state index in [4.69, 9.17) is 5.11 Å². The first-order valence-corrected chi connectivity index (χ1v) is 5.82. The molecule has 0 spiro atoms. The molecule has 0 saturated carbocycles. The number of rotatable bonds is 5. The molecule has 0 aliphatic carbocycles. The van der Waals surface area contributed by atoms with Gasteiger partial charge in [0.1, 0.15) is 11.9 Å². The van der Waals surface area contributed by atoms with Crippen molar-refractivity contribution in [3.8, 4) is 0 Å². The van der Waals surface area contributed by atoms with Gasteiger partial charge in [-0.15, -0.1) is 0 Å². The Hall–Kier alpha value is -2.34. The summed E-state index contributed by atoms with van der Waals surface area (Å²) in [7, 11) is 0. The third-order valence-corrected chi connectivity index (χ3v) is 2.57. The average Bonchev–Trinajstić information content (AvgIpc) is 2.39. The van der Waals surface area contributed by atoms with Crippen molar-refractivity contribution < 1.29 is 9.90 Å². The van der Waals surface area contributed by atoms with Gasteiger partial charge in [-0.3, -0.25) is 4.98 Å². The van der Waals surface area contributed by atoms with Gasteiger partial charge in [-0.25, -0.2) is 14.8 Å². The Kier molecular flexibility index (Phi) is 4.15. The van der Waals surface area contributed by atoms with Crippen LogP contribution in [0.2, 0.25) is 0 Å². The Bertz CT molecular complexity index is 586. The van der Waals surface area contributed by atoms with E-state index in [1.54, 1.807) is 0 Å². The van der Waals surface area contributed by atoms with Gasteiger partial charge in [-0.1, -0.05) is 6.07 Å². The molecule has 6 nitrogen and oxygen atoms in total. The molecule has 0 aliphatic rings. The molecule has 0 saturated heterocycles. The maximum atomic E-state index is 11.0. The Morgan fingerprint density at radius 2 is 2.21 bits per heavy atom. The van der Waals surface area contributed by atoms with Crippen LogP contribution in [0.5, 0.6) is 0 Å². The Balaban J connectivity index is 1.98. The largest absolute Gasteiger partial charge is 0.478 e. The zero-order valence-electron chi connectivity index (χ0n) is 10.5. The number of carboxylic acid groups (broad SMARTS) is 1. The van der Waals surface area contributed by atoms with Crippen molar-refractivity contribution in [2.75, 3.05) is 0 Å². The van der Waals surface area contributed by atoms with Gasteiger partial charge >= 0.3 is 5.97 Å². The Morgan fingerprint density at radius 1 is 1.37 bits per heavy atom.